The lowest BCUT2D eigenvalue weighted by Crippen LogP contribution is -2.37. The van der Waals surface area contributed by atoms with Crippen molar-refractivity contribution in [2.45, 2.75) is 13.3 Å². The summed E-state index contributed by atoms with van der Waals surface area (Å²) in [4.78, 5) is 48.5. The van der Waals surface area contributed by atoms with Crippen molar-refractivity contribution in [1.29, 1.82) is 0 Å². The Morgan fingerprint density at radius 1 is 0.852 bits per heavy atom. The predicted octanol–water partition coefficient (Wildman–Crippen LogP) is 1.41. The largest absolute Gasteiger partial charge is 0.318 e. The van der Waals surface area contributed by atoms with Crippen LogP contribution in [0.1, 0.15) is 59.5 Å². The van der Waals surface area contributed by atoms with E-state index in [1.54, 1.807) is 56.6 Å². The Morgan fingerprint density at radius 3 is 2.07 bits per heavy atom. The lowest BCUT2D eigenvalue weighted by molar-refractivity contribution is -0.619. The number of hydrogen-bond acceptors (Lipinski definition) is 4. The summed E-state index contributed by atoms with van der Waals surface area (Å²) in [7, 11) is 1.64. The Morgan fingerprint density at radius 2 is 1.41 bits per heavy atom. The molecule has 134 valence electrons. The highest BCUT2D eigenvalue weighted by Crippen LogP contribution is 2.26. The molecule has 0 bridgehead atoms. The van der Waals surface area contributed by atoms with Gasteiger partial charge in [-0.25, -0.2) is 0 Å². The Bertz CT molecular complexity index is 1080. The minimum Gasteiger partial charge on any atom is -0.288 e. The highest BCUT2D eigenvalue weighted by Gasteiger charge is 2.41. The van der Waals surface area contributed by atoms with Crippen LogP contribution in [0, 0.1) is 0 Å². The molecule has 2 aliphatic heterocycles. The molecule has 0 saturated carbocycles. The van der Waals surface area contributed by atoms with E-state index in [2.05, 4.69) is 5.32 Å². The van der Waals surface area contributed by atoms with Crippen LogP contribution in [0.25, 0.3) is 0 Å². The molecule has 0 saturated heterocycles. The van der Waals surface area contributed by atoms with Gasteiger partial charge >= 0.3 is 11.8 Å². The first kappa shape index (κ1) is 16.8. The molecule has 2 heterocycles. The lowest BCUT2D eigenvalue weighted by Gasteiger charge is -2.06. The van der Waals surface area contributed by atoms with E-state index in [-0.39, 0.29) is 17.7 Å². The van der Waals surface area contributed by atoms with Gasteiger partial charge in [0.1, 0.15) is 0 Å². The van der Waals surface area contributed by atoms with Gasteiger partial charge in [-0.1, -0.05) is 12.1 Å². The highest BCUT2D eigenvalue weighted by atomic mass is 16.2. The first-order chi connectivity index (χ1) is 12.9. The summed E-state index contributed by atoms with van der Waals surface area (Å²) in [6.45, 7) is 1.74. The molecule has 0 aliphatic carbocycles. The van der Waals surface area contributed by atoms with Gasteiger partial charge in [0.05, 0.1) is 22.3 Å². The summed E-state index contributed by atoms with van der Waals surface area (Å²) >= 11 is 0. The van der Waals surface area contributed by atoms with Gasteiger partial charge < -0.3 is 0 Å². The standard InChI is InChI=1S/C20H15N3O4/c1-3-22(2)23-19(26)14-7-5-12(10-16(14)20(23)27)8-11-4-6-13-15(9-11)18(25)21-17(13)24/h3-7,9-10H,8H2,1-2H3/p+1/b22-3+. The molecule has 2 aliphatic rings. The van der Waals surface area contributed by atoms with Gasteiger partial charge in [-0.3, -0.25) is 24.5 Å². The van der Waals surface area contributed by atoms with E-state index in [4.69, 9.17) is 0 Å². The maximum atomic E-state index is 12.6. The van der Waals surface area contributed by atoms with E-state index >= 15 is 0 Å². The Hall–Kier alpha value is -3.61. The number of amides is 4. The van der Waals surface area contributed by atoms with Crippen molar-refractivity contribution >= 4 is 29.8 Å². The zero-order valence-electron chi connectivity index (χ0n) is 14.8. The first-order valence-corrected chi connectivity index (χ1v) is 8.43. The van der Waals surface area contributed by atoms with E-state index in [0.29, 0.717) is 28.7 Å². The van der Waals surface area contributed by atoms with Gasteiger partial charge in [0.15, 0.2) is 13.3 Å². The molecule has 7 heteroatoms. The average molecular weight is 362 g/mol. The van der Waals surface area contributed by atoms with E-state index in [1.165, 1.54) is 4.68 Å². The van der Waals surface area contributed by atoms with Crippen LogP contribution < -0.4 is 5.32 Å². The number of carbonyl (C=O) groups excluding carboxylic acids is 4. The molecule has 0 atom stereocenters. The average Bonchev–Trinajstić information content (AvgIpc) is 3.08. The van der Waals surface area contributed by atoms with Crippen molar-refractivity contribution in [2.24, 2.45) is 0 Å². The number of benzene rings is 2. The molecule has 27 heavy (non-hydrogen) atoms. The maximum Gasteiger partial charge on any atom is 0.318 e. The molecular formula is C20H16N3O4+. The number of imide groups is 2. The first-order valence-electron chi connectivity index (χ1n) is 8.43. The van der Waals surface area contributed by atoms with Crippen LogP contribution >= 0.6 is 0 Å². The summed E-state index contributed by atoms with van der Waals surface area (Å²) in [5.41, 5.74) is 3.14. The van der Waals surface area contributed by atoms with Crippen LogP contribution in [0.15, 0.2) is 36.4 Å². The van der Waals surface area contributed by atoms with E-state index in [1.807, 2.05) is 0 Å². The third-order valence-corrected chi connectivity index (χ3v) is 4.83. The zero-order chi connectivity index (χ0) is 19.3. The van der Waals surface area contributed by atoms with Crippen LogP contribution in [-0.4, -0.2) is 46.6 Å². The molecular weight excluding hydrogens is 346 g/mol. The van der Waals surface area contributed by atoms with Crippen molar-refractivity contribution in [3.05, 3.63) is 69.8 Å². The second-order valence-electron chi connectivity index (χ2n) is 6.47. The topological polar surface area (TPSA) is 86.6 Å². The third-order valence-electron chi connectivity index (χ3n) is 4.83. The number of nitrogens with zero attached hydrogens (tertiary/aromatic N) is 2. The second-order valence-corrected chi connectivity index (χ2v) is 6.47. The third kappa shape index (κ3) is 2.55. The monoisotopic (exact) mass is 362 g/mol. The van der Waals surface area contributed by atoms with Gasteiger partial charge in [0.2, 0.25) is 0 Å². The highest BCUT2D eigenvalue weighted by molar-refractivity contribution is 6.21. The minimum atomic E-state index is -0.402. The van der Waals surface area contributed by atoms with Crippen LogP contribution in [0.4, 0.5) is 0 Å². The number of rotatable bonds is 3. The number of hydrogen-bond donors (Lipinski definition) is 1. The van der Waals surface area contributed by atoms with E-state index in [0.717, 1.165) is 16.1 Å². The summed E-state index contributed by atoms with van der Waals surface area (Å²) < 4.78 is 1.46. The fourth-order valence-electron chi connectivity index (χ4n) is 3.35. The molecule has 7 nitrogen and oxygen atoms in total. The molecule has 0 radical (unpaired) electrons. The lowest BCUT2D eigenvalue weighted by atomic mass is 9.98. The number of nitrogens with one attached hydrogen (secondary N) is 1. The van der Waals surface area contributed by atoms with Crippen LogP contribution in [0.3, 0.4) is 0 Å². The van der Waals surface area contributed by atoms with E-state index < -0.39 is 5.91 Å². The van der Waals surface area contributed by atoms with Crippen LogP contribution in [0.5, 0.6) is 0 Å². The predicted molar refractivity (Wildman–Crippen MR) is 95.9 cm³/mol. The summed E-state index contributed by atoms with van der Waals surface area (Å²) in [6, 6.07) is 10.2. The zero-order valence-corrected chi connectivity index (χ0v) is 14.8. The van der Waals surface area contributed by atoms with Gasteiger partial charge in [-0.05, 0) is 46.8 Å². The molecule has 0 aromatic heterocycles. The van der Waals surface area contributed by atoms with Crippen molar-refractivity contribution in [3.8, 4) is 0 Å². The number of hydrazone groups is 1. The molecule has 4 rings (SSSR count). The minimum absolute atomic E-state index is 0.352. The maximum absolute atomic E-state index is 12.6. The Kier molecular flexibility index (Phi) is 3.73. The summed E-state index contributed by atoms with van der Waals surface area (Å²) in [5, 5.41) is 3.36. The van der Waals surface area contributed by atoms with Crippen molar-refractivity contribution in [3.63, 3.8) is 0 Å². The van der Waals surface area contributed by atoms with Crippen LogP contribution in [0.2, 0.25) is 0 Å². The number of carbonyl (C=O) groups is 4. The fraction of sp³-hybridized carbons (Fsp3) is 0.150. The Labute approximate surface area is 154 Å². The number of hydrazine groups is 1. The fourth-order valence-corrected chi connectivity index (χ4v) is 3.35. The number of fused-ring (bicyclic) bond motifs is 2. The molecule has 2 aromatic carbocycles. The van der Waals surface area contributed by atoms with Crippen LogP contribution in [-0.2, 0) is 6.42 Å². The SMILES string of the molecule is C/C=[N+](\C)N1C(=O)c2ccc(Cc3ccc4c(c3)C(=O)NC4=O)cc2C1=O. The summed E-state index contributed by atoms with van der Waals surface area (Å²) in [5.74, 6) is -1.51. The van der Waals surface area contributed by atoms with Crippen molar-refractivity contribution in [1.82, 2.24) is 10.3 Å². The molecule has 0 fully saturated rings. The molecule has 0 unspecified atom stereocenters. The van der Waals surface area contributed by atoms with Gasteiger partial charge in [0.25, 0.3) is 11.8 Å². The molecule has 0 spiro atoms. The molecule has 4 amide bonds. The van der Waals surface area contributed by atoms with Gasteiger partial charge in [-0.2, -0.15) is 0 Å². The van der Waals surface area contributed by atoms with Gasteiger partial charge in [0, 0.05) is 6.92 Å². The van der Waals surface area contributed by atoms with Crippen molar-refractivity contribution < 1.29 is 23.9 Å². The smallest absolute Gasteiger partial charge is 0.288 e. The van der Waals surface area contributed by atoms with Crippen molar-refractivity contribution in [2.75, 3.05) is 7.05 Å². The molecule has 1 N–H and O–H groups in total. The normalized spacial score (nSPS) is 15.9. The Balaban J connectivity index is 1.66. The molecule has 2 aromatic rings. The second kappa shape index (κ2) is 5.98. The summed E-state index contributed by atoms with van der Waals surface area (Å²) in [6.07, 6.45) is 2.11. The van der Waals surface area contributed by atoms with Gasteiger partial charge in [-0.15, -0.1) is 4.68 Å². The quantitative estimate of drug-likeness (QED) is 0.508. The van der Waals surface area contributed by atoms with E-state index in [9.17, 15) is 19.2 Å².